The van der Waals surface area contributed by atoms with Gasteiger partial charge in [0.2, 0.25) is 0 Å². The monoisotopic (exact) mass is 392 g/mol. The van der Waals surface area contributed by atoms with Crippen LogP contribution >= 0.6 is 0 Å². The minimum Gasteiger partial charge on any atom is -0.366 e. The van der Waals surface area contributed by atoms with Gasteiger partial charge in [-0.3, -0.25) is 0 Å². The standard InChI is InChI=1S/C21H20N4O2S/c1-2-25(17-8-9-17)21-18-10-7-16(11-19(18)23-24-20(21)12-22)15-5-3-14(4-6-15)13-28(26)27/h3-7,10-11,17,28H,2,8-9,13H2,1H3. The maximum atomic E-state index is 10.9. The Labute approximate surface area is 165 Å². The lowest BCUT2D eigenvalue weighted by Crippen LogP contribution is -2.26. The number of anilines is 1. The predicted octanol–water partition coefficient (Wildman–Crippen LogP) is 3.27. The molecule has 3 aromatic rings. The van der Waals surface area contributed by atoms with E-state index in [1.807, 2.05) is 42.5 Å². The lowest BCUT2D eigenvalue weighted by molar-refractivity contribution is 0.614. The normalized spacial score (nSPS) is 13.6. The maximum absolute atomic E-state index is 10.9. The number of thiol groups is 1. The van der Waals surface area contributed by atoms with E-state index >= 15 is 0 Å². The summed E-state index contributed by atoms with van der Waals surface area (Å²) in [6.07, 6.45) is 2.28. The molecular weight excluding hydrogens is 372 g/mol. The van der Waals surface area contributed by atoms with E-state index in [4.69, 9.17) is 0 Å². The van der Waals surface area contributed by atoms with Crippen molar-refractivity contribution >= 4 is 27.3 Å². The first-order chi connectivity index (χ1) is 13.6. The van der Waals surface area contributed by atoms with Crippen LogP contribution in [-0.2, 0) is 16.5 Å². The molecule has 0 spiro atoms. The van der Waals surface area contributed by atoms with Crippen molar-refractivity contribution < 1.29 is 8.42 Å². The largest absolute Gasteiger partial charge is 0.366 e. The van der Waals surface area contributed by atoms with Crippen molar-refractivity contribution in [3.05, 3.63) is 53.7 Å². The smallest absolute Gasteiger partial charge is 0.187 e. The van der Waals surface area contributed by atoms with Crippen molar-refractivity contribution in [3.8, 4) is 17.2 Å². The number of nitrogens with zero attached hydrogens (tertiary/aromatic N) is 4. The maximum Gasteiger partial charge on any atom is 0.187 e. The summed E-state index contributed by atoms with van der Waals surface area (Å²) in [7, 11) is -2.43. The van der Waals surface area contributed by atoms with E-state index in [9.17, 15) is 13.7 Å². The second kappa shape index (κ2) is 7.56. The summed E-state index contributed by atoms with van der Waals surface area (Å²) in [4.78, 5) is 2.26. The van der Waals surface area contributed by atoms with Crippen molar-refractivity contribution in [2.24, 2.45) is 0 Å². The summed E-state index contributed by atoms with van der Waals surface area (Å²) in [6.45, 7) is 2.92. The summed E-state index contributed by atoms with van der Waals surface area (Å²) < 4.78 is 21.8. The van der Waals surface area contributed by atoms with Gasteiger partial charge in [0.1, 0.15) is 16.8 Å². The Morgan fingerprint density at radius 3 is 2.43 bits per heavy atom. The first kappa shape index (κ1) is 18.4. The molecule has 6 nitrogen and oxygen atoms in total. The lowest BCUT2D eigenvalue weighted by Gasteiger charge is -2.24. The zero-order valence-corrected chi connectivity index (χ0v) is 16.4. The first-order valence-electron chi connectivity index (χ1n) is 9.29. The third kappa shape index (κ3) is 3.56. The van der Waals surface area contributed by atoms with Crippen LogP contribution in [0.4, 0.5) is 5.69 Å². The van der Waals surface area contributed by atoms with Crippen LogP contribution in [0.2, 0.25) is 0 Å². The lowest BCUT2D eigenvalue weighted by atomic mass is 10.0. The number of rotatable bonds is 6. The molecule has 0 atom stereocenters. The molecular formula is C21H20N4O2S. The van der Waals surface area contributed by atoms with Crippen LogP contribution in [0.5, 0.6) is 0 Å². The van der Waals surface area contributed by atoms with E-state index in [1.165, 1.54) is 0 Å². The van der Waals surface area contributed by atoms with E-state index in [1.54, 1.807) is 0 Å². The molecule has 0 unspecified atom stereocenters. The van der Waals surface area contributed by atoms with E-state index in [-0.39, 0.29) is 5.75 Å². The van der Waals surface area contributed by atoms with Crippen LogP contribution in [-0.4, -0.2) is 31.2 Å². The molecule has 1 heterocycles. The molecule has 1 aromatic heterocycles. The van der Waals surface area contributed by atoms with Gasteiger partial charge in [-0.2, -0.15) is 5.26 Å². The molecule has 0 amide bonds. The van der Waals surface area contributed by atoms with Crippen molar-refractivity contribution in [2.45, 2.75) is 31.6 Å². The molecule has 0 aliphatic heterocycles. The Kier molecular flexibility index (Phi) is 4.97. The Hall–Kier alpha value is -2.98. The van der Waals surface area contributed by atoms with Gasteiger partial charge in [-0.25, -0.2) is 8.42 Å². The highest BCUT2D eigenvalue weighted by Gasteiger charge is 2.31. The van der Waals surface area contributed by atoms with Crippen LogP contribution in [0, 0.1) is 11.3 Å². The molecule has 0 bridgehead atoms. The topological polar surface area (TPSA) is 86.9 Å². The van der Waals surface area contributed by atoms with E-state index in [2.05, 4.69) is 28.1 Å². The zero-order chi connectivity index (χ0) is 19.7. The number of hydrogen-bond acceptors (Lipinski definition) is 6. The number of aromatic nitrogens is 2. The van der Waals surface area contributed by atoms with Gasteiger partial charge in [-0.15, -0.1) is 10.2 Å². The number of nitriles is 1. The van der Waals surface area contributed by atoms with Crippen molar-refractivity contribution in [2.75, 3.05) is 11.4 Å². The van der Waals surface area contributed by atoms with Gasteiger partial charge in [-0.05, 0) is 48.6 Å². The minimum absolute atomic E-state index is 0.0487. The van der Waals surface area contributed by atoms with E-state index in [0.29, 0.717) is 11.7 Å². The van der Waals surface area contributed by atoms with Crippen LogP contribution in [0.15, 0.2) is 42.5 Å². The highest BCUT2D eigenvalue weighted by molar-refractivity contribution is 7.71. The van der Waals surface area contributed by atoms with Crippen LogP contribution in [0.1, 0.15) is 31.0 Å². The van der Waals surface area contributed by atoms with Crippen molar-refractivity contribution in [3.63, 3.8) is 0 Å². The van der Waals surface area contributed by atoms with Crippen LogP contribution in [0.25, 0.3) is 22.0 Å². The van der Waals surface area contributed by atoms with Crippen LogP contribution < -0.4 is 4.90 Å². The van der Waals surface area contributed by atoms with Crippen LogP contribution in [0.3, 0.4) is 0 Å². The van der Waals surface area contributed by atoms with Gasteiger partial charge >= 0.3 is 0 Å². The molecule has 0 N–H and O–H groups in total. The van der Waals surface area contributed by atoms with Gasteiger partial charge in [0.15, 0.2) is 5.69 Å². The van der Waals surface area contributed by atoms with Gasteiger partial charge in [0.05, 0.1) is 17.0 Å². The molecule has 0 radical (unpaired) electrons. The molecule has 28 heavy (non-hydrogen) atoms. The number of fused-ring (bicyclic) bond motifs is 1. The molecule has 1 aliphatic carbocycles. The fraction of sp³-hybridized carbons (Fsp3) is 0.286. The number of hydrogen-bond donors (Lipinski definition) is 1. The van der Waals surface area contributed by atoms with Gasteiger partial charge in [-0.1, -0.05) is 30.3 Å². The summed E-state index contributed by atoms with van der Waals surface area (Å²) in [5.41, 5.74) is 4.71. The molecule has 7 heteroatoms. The fourth-order valence-electron chi connectivity index (χ4n) is 3.58. The molecule has 1 aliphatic rings. The van der Waals surface area contributed by atoms with E-state index < -0.39 is 10.7 Å². The quantitative estimate of drug-likeness (QED) is 0.648. The molecule has 1 fully saturated rings. The highest BCUT2D eigenvalue weighted by atomic mass is 32.2. The van der Waals surface area contributed by atoms with Crippen molar-refractivity contribution in [1.82, 2.24) is 10.2 Å². The summed E-state index contributed by atoms with van der Waals surface area (Å²) >= 11 is 0. The summed E-state index contributed by atoms with van der Waals surface area (Å²) in [5, 5.41) is 18.9. The number of benzene rings is 2. The Balaban J connectivity index is 1.77. The minimum atomic E-state index is -2.43. The SMILES string of the molecule is CCN(c1c(C#N)nnc2cc(-c3ccc(C[SH](=O)=O)cc3)ccc12)C1CC1. The highest BCUT2D eigenvalue weighted by Crippen LogP contribution is 2.37. The van der Waals surface area contributed by atoms with Gasteiger partial charge in [0, 0.05) is 18.0 Å². The third-order valence-corrected chi connectivity index (χ3v) is 5.68. The third-order valence-electron chi connectivity index (χ3n) is 5.06. The predicted molar refractivity (Wildman–Crippen MR) is 110 cm³/mol. The Bertz CT molecular complexity index is 1140. The molecule has 4 rings (SSSR count). The summed E-state index contributed by atoms with van der Waals surface area (Å²) in [6, 6.07) is 16.1. The van der Waals surface area contributed by atoms with Gasteiger partial charge in [0.25, 0.3) is 0 Å². The molecule has 2 aromatic carbocycles. The average molecular weight is 392 g/mol. The molecule has 1 saturated carbocycles. The summed E-state index contributed by atoms with van der Waals surface area (Å²) in [5.74, 6) is 0.0487. The second-order valence-electron chi connectivity index (χ2n) is 6.95. The Morgan fingerprint density at radius 1 is 1.11 bits per heavy atom. The fourth-order valence-corrected chi connectivity index (χ4v) is 4.08. The first-order valence-corrected chi connectivity index (χ1v) is 10.6. The second-order valence-corrected chi connectivity index (χ2v) is 7.93. The molecule has 0 saturated heterocycles. The van der Waals surface area contributed by atoms with Crippen molar-refractivity contribution in [1.29, 1.82) is 5.26 Å². The van der Waals surface area contributed by atoms with Gasteiger partial charge < -0.3 is 4.90 Å². The molecule has 142 valence electrons. The zero-order valence-electron chi connectivity index (χ0n) is 15.5. The average Bonchev–Trinajstić information content (AvgIpc) is 3.53. The van der Waals surface area contributed by atoms with E-state index in [0.717, 1.165) is 52.7 Å². The Morgan fingerprint density at radius 2 is 1.82 bits per heavy atom.